The number of amides is 1. The zero-order valence-corrected chi connectivity index (χ0v) is 13.2. The Balaban J connectivity index is 2.86. The smallest absolute Gasteiger partial charge is 0.408 e. The van der Waals surface area contributed by atoms with Crippen LogP contribution in [0.1, 0.15) is 39.2 Å². The summed E-state index contributed by atoms with van der Waals surface area (Å²) < 4.78 is 9.97. The first kappa shape index (κ1) is 17.0. The minimum Gasteiger partial charge on any atom is -0.467 e. The van der Waals surface area contributed by atoms with Crippen LogP contribution in [0.15, 0.2) is 30.3 Å². The number of benzene rings is 1. The van der Waals surface area contributed by atoms with Gasteiger partial charge in [-0.1, -0.05) is 37.3 Å². The molecule has 5 nitrogen and oxygen atoms in total. The normalized spacial score (nSPS) is 14.0. The Labute approximate surface area is 125 Å². The molecule has 0 saturated carbocycles. The van der Waals surface area contributed by atoms with Crippen molar-refractivity contribution < 1.29 is 19.1 Å². The quantitative estimate of drug-likeness (QED) is 0.867. The van der Waals surface area contributed by atoms with E-state index in [2.05, 4.69) is 5.32 Å². The molecule has 1 rings (SSSR count). The zero-order valence-electron chi connectivity index (χ0n) is 13.2. The van der Waals surface area contributed by atoms with Gasteiger partial charge in [-0.25, -0.2) is 9.59 Å². The molecule has 0 aliphatic carbocycles. The summed E-state index contributed by atoms with van der Waals surface area (Å²) in [6.45, 7) is 7.15. The van der Waals surface area contributed by atoms with Gasteiger partial charge in [0.2, 0.25) is 0 Å². The topological polar surface area (TPSA) is 64.6 Å². The maximum atomic E-state index is 11.9. The summed E-state index contributed by atoms with van der Waals surface area (Å²) in [6.07, 6.45) is -0.638. The lowest BCUT2D eigenvalue weighted by molar-refractivity contribution is -0.143. The summed E-state index contributed by atoms with van der Waals surface area (Å²) in [7, 11) is 1.30. The highest BCUT2D eigenvalue weighted by Gasteiger charge is 2.30. The van der Waals surface area contributed by atoms with Crippen LogP contribution >= 0.6 is 0 Å². The first-order valence-electron chi connectivity index (χ1n) is 6.87. The van der Waals surface area contributed by atoms with Crippen LogP contribution in [0, 0.1) is 0 Å². The number of carbonyl (C=O) groups is 2. The Morgan fingerprint density at radius 2 is 1.71 bits per heavy atom. The molecule has 0 aliphatic heterocycles. The van der Waals surface area contributed by atoms with Gasteiger partial charge < -0.3 is 14.8 Å². The predicted octanol–water partition coefficient (Wildman–Crippen LogP) is 2.86. The van der Waals surface area contributed by atoms with Gasteiger partial charge >= 0.3 is 12.1 Å². The SMILES string of the molecule is COC(=O)[C@@H](NC(=O)OC(C)(C)C)[C@H](C)c1ccccc1. The summed E-state index contributed by atoms with van der Waals surface area (Å²) in [5, 5.41) is 2.59. The molecule has 0 bridgehead atoms. The third-order valence-electron chi connectivity index (χ3n) is 2.95. The molecular weight excluding hydrogens is 270 g/mol. The van der Waals surface area contributed by atoms with Gasteiger partial charge in [-0.15, -0.1) is 0 Å². The summed E-state index contributed by atoms with van der Waals surface area (Å²) in [4.78, 5) is 23.8. The fourth-order valence-electron chi connectivity index (χ4n) is 1.90. The number of esters is 1. The van der Waals surface area contributed by atoms with Crippen molar-refractivity contribution in [3.05, 3.63) is 35.9 Å². The highest BCUT2D eigenvalue weighted by Crippen LogP contribution is 2.20. The number of nitrogens with one attached hydrogen (secondary N) is 1. The summed E-state index contributed by atoms with van der Waals surface area (Å²) in [6, 6.07) is 8.66. The average molecular weight is 293 g/mol. The highest BCUT2D eigenvalue weighted by molar-refractivity contribution is 5.82. The molecule has 1 amide bonds. The van der Waals surface area contributed by atoms with E-state index in [1.54, 1.807) is 20.8 Å². The molecule has 0 saturated heterocycles. The largest absolute Gasteiger partial charge is 0.467 e. The number of alkyl carbamates (subject to hydrolysis) is 1. The Kier molecular flexibility index (Phi) is 5.76. The molecule has 0 spiro atoms. The summed E-state index contributed by atoms with van der Waals surface area (Å²) in [5.41, 5.74) is 0.310. The van der Waals surface area contributed by atoms with Crippen LogP contribution in [0.5, 0.6) is 0 Å². The number of ether oxygens (including phenoxy) is 2. The van der Waals surface area contributed by atoms with Crippen LogP contribution < -0.4 is 5.32 Å². The number of hydrogen-bond donors (Lipinski definition) is 1. The molecule has 21 heavy (non-hydrogen) atoms. The zero-order chi connectivity index (χ0) is 16.0. The molecule has 0 heterocycles. The molecule has 0 radical (unpaired) electrons. The minimum atomic E-state index is -0.799. The maximum Gasteiger partial charge on any atom is 0.408 e. The minimum absolute atomic E-state index is 0.230. The summed E-state index contributed by atoms with van der Waals surface area (Å²) in [5.74, 6) is -0.733. The van der Waals surface area contributed by atoms with Crippen molar-refractivity contribution in [2.24, 2.45) is 0 Å². The standard InChI is InChI=1S/C16H23NO4/c1-11(12-9-7-6-8-10-12)13(14(18)20-5)17-15(19)21-16(2,3)4/h6-11,13H,1-5H3,(H,17,19)/t11-,13+/m1/s1. The molecule has 0 fully saturated rings. The second-order valence-electron chi connectivity index (χ2n) is 5.85. The fourth-order valence-corrected chi connectivity index (χ4v) is 1.90. The van der Waals surface area contributed by atoms with Crippen LogP contribution in [0.4, 0.5) is 4.79 Å². The molecular formula is C16H23NO4. The number of hydrogen-bond acceptors (Lipinski definition) is 4. The van der Waals surface area contributed by atoms with Crippen molar-refractivity contribution in [1.29, 1.82) is 0 Å². The van der Waals surface area contributed by atoms with Crippen molar-refractivity contribution >= 4 is 12.1 Å². The first-order valence-corrected chi connectivity index (χ1v) is 6.87. The number of methoxy groups -OCH3 is 1. The molecule has 1 N–H and O–H groups in total. The lowest BCUT2D eigenvalue weighted by Crippen LogP contribution is -2.46. The average Bonchev–Trinajstić information content (AvgIpc) is 2.42. The van der Waals surface area contributed by atoms with Gasteiger partial charge in [-0.05, 0) is 26.3 Å². The molecule has 1 aromatic carbocycles. The van der Waals surface area contributed by atoms with Crippen molar-refractivity contribution in [2.45, 2.75) is 45.3 Å². The first-order chi connectivity index (χ1) is 9.74. The molecule has 2 atom stereocenters. The van der Waals surface area contributed by atoms with Crippen molar-refractivity contribution in [2.75, 3.05) is 7.11 Å². The number of rotatable bonds is 4. The number of carbonyl (C=O) groups excluding carboxylic acids is 2. The molecule has 0 unspecified atom stereocenters. The van der Waals surface area contributed by atoms with Gasteiger partial charge in [0.15, 0.2) is 0 Å². The van der Waals surface area contributed by atoms with Crippen molar-refractivity contribution in [3.8, 4) is 0 Å². The monoisotopic (exact) mass is 293 g/mol. The van der Waals surface area contributed by atoms with Crippen molar-refractivity contribution in [1.82, 2.24) is 5.32 Å². The van der Waals surface area contributed by atoms with Crippen molar-refractivity contribution in [3.63, 3.8) is 0 Å². The van der Waals surface area contributed by atoms with E-state index in [0.717, 1.165) is 5.56 Å². The van der Waals surface area contributed by atoms with Gasteiger partial charge in [-0.2, -0.15) is 0 Å². The maximum absolute atomic E-state index is 11.9. The van der Waals surface area contributed by atoms with E-state index in [9.17, 15) is 9.59 Å². The lowest BCUT2D eigenvalue weighted by atomic mass is 9.93. The molecule has 5 heteroatoms. The Hall–Kier alpha value is -2.04. The van der Waals surface area contributed by atoms with E-state index in [1.807, 2.05) is 37.3 Å². The molecule has 1 aromatic rings. The van der Waals surface area contributed by atoms with Crippen LogP contribution in [-0.2, 0) is 14.3 Å². The Morgan fingerprint density at radius 1 is 1.14 bits per heavy atom. The van der Waals surface area contributed by atoms with E-state index in [-0.39, 0.29) is 5.92 Å². The van der Waals surface area contributed by atoms with E-state index < -0.39 is 23.7 Å². The van der Waals surface area contributed by atoms with Gasteiger partial charge in [0.1, 0.15) is 11.6 Å². The summed E-state index contributed by atoms with van der Waals surface area (Å²) >= 11 is 0. The van der Waals surface area contributed by atoms with E-state index in [1.165, 1.54) is 7.11 Å². The second kappa shape index (κ2) is 7.11. The van der Waals surface area contributed by atoms with Gasteiger partial charge in [0.05, 0.1) is 7.11 Å². The lowest BCUT2D eigenvalue weighted by Gasteiger charge is -2.26. The van der Waals surface area contributed by atoms with Gasteiger partial charge in [0.25, 0.3) is 0 Å². The molecule has 0 aliphatic rings. The van der Waals surface area contributed by atoms with Crippen LogP contribution in [0.2, 0.25) is 0 Å². The van der Waals surface area contributed by atoms with Crippen LogP contribution in [0.25, 0.3) is 0 Å². The van der Waals surface area contributed by atoms with Crippen LogP contribution in [-0.4, -0.2) is 30.8 Å². The third-order valence-corrected chi connectivity index (χ3v) is 2.95. The van der Waals surface area contributed by atoms with E-state index in [4.69, 9.17) is 9.47 Å². The highest BCUT2D eigenvalue weighted by atomic mass is 16.6. The van der Waals surface area contributed by atoms with Gasteiger partial charge in [0, 0.05) is 5.92 Å². The Bertz CT molecular complexity index is 479. The Morgan fingerprint density at radius 3 is 2.19 bits per heavy atom. The molecule has 116 valence electrons. The third kappa shape index (κ3) is 5.45. The predicted molar refractivity (Wildman–Crippen MR) is 80.0 cm³/mol. The fraction of sp³-hybridized carbons (Fsp3) is 0.500. The second-order valence-corrected chi connectivity index (χ2v) is 5.85. The van der Waals surface area contributed by atoms with Gasteiger partial charge in [-0.3, -0.25) is 0 Å². The molecule has 0 aromatic heterocycles. The van der Waals surface area contributed by atoms with E-state index in [0.29, 0.717) is 0 Å². The van der Waals surface area contributed by atoms with E-state index >= 15 is 0 Å². The van der Waals surface area contributed by atoms with Crippen LogP contribution in [0.3, 0.4) is 0 Å².